The minimum atomic E-state index is 0.239. The van der Waals surface area contributed by atoms with Crippen LogP contribution in [0.15, 0.2) is 24.3 Å². The molecule has 1 fully saturated rings. The number of hydrogen-bond acceptors (Lipinski definition) is 2. The largest absolute Gasteiger partial charge is 0.316 e. The number of nitrogens with one attached hydrogen (secondary N) is 2. The summed E-state index contributed by atoms with van der Waals surface area (Å²) in [4.78, 5) is 0. The van der Waals surface area contributed by atoms with Gasteiger partial charge in [0.1, 0.15) is 0 Å². The predicted molar refractivity (Wildman–Crippen MR) is 77.9 cm³/mol. The molecule has 2 unspecified atom stereocenters. The number of hydrogen-bond donors (Lipinski definition) is 2. The highest BCUT2D eigenvalue weighted by Crippen LogP contribution is 2.29. The first-order chi connectivity index (χ1) is 8.52. The van der Waals surface area contributed by atoms with Gasteiger partial charge in [0.2, 0.25) is 0 Å². The van der Waals surface area contributed by atoms with Crippen LogP contribution in [0.25, 0.3) is 0 Å². The first-order valence-corrected chi connectivity index (χ1v) is 7.01. The van der Waals surface area contributed by atoms with Crippen LogP contribution in [-0.4, -0.2) is 20.1 Å². The highest BCUT2D eigenvalue weighted by atomic mass is 15.0. The topological polar surface area (TPSA) is 24.1 Å². The van der Waals surface area contributed by atoms with Crippen LogP contribution in [0.5, 0.6) is 0 Å². The van der Waals surface area contributed by atoms with E-state index in [-0.39, 0.29) is 5.41 Å². The van der Waals surface area contributed by atoms with Gasteiger partial charge < -0.3 is 10.6 Å². The zero-order valence-electron chi connectivity index (χ0n) is 12.1. The molecule has 2 heteroatoms. The summed E-state index contributed by atoms with van der Waals surface area (Å²) in [5.74, 6) is 0.718. The summed E-state index contributed by atoms with van der Waals surface area (Å²) in [6, 6.07) is 9.62. The van der Waals surface area contributed by atoms with Gasteiger partial charge in [-0.15, -0.1) is 0 Å². The van der Waals surface area contributed by atoms with Crippen molar-refractivity contribution in [2.45, 2.75) is 38.6 Å². The van der Waals surface area contributed by atoms with E-state index in [1.807, 2.05) is 0 Å². The fourth-order valence-electron chi connectivity index (χ4n) is 2.83. The van der Waals surface area contributed by atoms with Crippen molar-refractivity contribution in [2.24, 2.45) is 5.92 Å². The Bertz CT molecular complexity index is 369. The highest BCUT2D eigenvalue weighted by Gasteiger charge is 2.25. The molecule has 0 aromatic heterocycles. The second kappa shape index (κ2) is 5.41. The van der Waals surface area contributed by atoms with E-state index >= 15 is 0 Å². The Morgan fingerprint density at radius 2 is 1.89 bits per heavy atom. The van der Waals surface area contributed by atoms with Gasteiger partial charge in [0.05, 0.1) is 0 Å². The minimum Gasteiger partial charge on any atom is -0.316 e. The molecule has 0 radical (unpaired) electrons. The molecule has 0 amide bonds. The van der Waals surface area contributed by atoms with Crippen LogP contribution < -0.4 is 10.6 Å². The lowest BCUT2D eigenvalue weighted by molar-refractivity contribution is 0.410. The number of rotatable bonds is 3. The average molecular weight is 246 g/mol. The second-order valence-electron chi connectivity index (χ2n) is 6.39. The predicted octanol–water partition coefficient (Wildman–Crippen LogP) is 2.85. The van der Waals surface area contributed by atoms with Crippen molar-refractivity contribution in [2.75, 3.05) is 20.1 Å². The van der Waals surface area contributed by atoms with Crippen molar-refractivity contribution in [3.8, 4) is 0 Å². The van der Waals surface area contributed by atoms with Crippen molar-refractivity contribution in [1.82, 2.24) is 10.6 Å². The summed E-state index contributed by atoms with van der Waals surface area (Å²) in [7, 11) is 2.07. The van der Waals surface area contributed by atoms with E-state index in [2.05, 4.69) is 62.7 Å². The fraction of sp³-hybridized carbons (Fsp3) is 0.625. The van der Waals surface area contributed by atoms with E-state index in [0.717, 1.165) is 19.0 Å². The van der Waals surface area contributed by atoms with Gasteiger partial charge in [0.25, 0.3) is 0 Å². The third-order valence-electron chi connectivity index (χ3n) is 4.02. The standard InChI is InChI=1S/C16H26N2/c1-16(2,3)14-7-5-12(6-8-14)15(17-4)13-9-10-18-11-13/h5-8,13,15,17-18H,9-11H2,1-4H3. The average Bonchev–Trinajstić information content (AvgIpc) is 2.83. The van der Waals surface area contributed by atoms with E-state index in [1.165, 1.54) is 17.5 Å². The fourth-order valence-corrected chi connectivity index (χ4v) is 2.83. The normalized spacial score (nSPS) is 22.1. The highest BCUT2D eigenvalue weighted by molar-refractivity contribution is 5.29. The molecular weight excluding hydrogens is 220 g/mol. The van der Waals surface area contributed by atoms with Gasteiger partial charge in [-0.3, -0.25) is 0 Å². The Hall–Kier alpha value is -0.860. The van der Waals surface area contributed by atoms with Crippen LogP contribution in [-0.2, 0) is 5.41 Å². The summed E-state index contributed by atoms with van der Waals surface area (Å²) in [5.41, 5.74) is 3.06. The molecule has 1 aromatic rings. The van der Waals surface area contributed by atoms with Gasteiger partial charge in [0.15, 0.2) is 0 Å². The van der Waals surface area contributed by atoms with E-state index in [1.54, 1.807) is 0 Å². The molecule has 100 valence electrons. The van der Waals surface area contributed by atoms with Crippen LogP contribution in [0.1, 0.15) is 44.4 Å². The van der Waals surface area contributed by atoms with Crippen LogP contribution in [0.4, 0.5) is 0 Å². The first-order valence-electron chi connectivity index (χ1n) is 7.01. The lowest BCUT2D eigenvalue weighted by atomic mass is 9.85. The summed E-state index contributed by atoms with van der Waals surface area (Å²) in [6.45, 7) is 9.07. The molecule has 1 saturated heterocycles. The lowest BCUT2D eigenvalue weighted by Gasteiger charge is -2.25. The third-order valence-corrected chi connectivity index (χ3v) is 4.02. The van der Waals surface area contributed by atoms with Gasteiger partial charge in [-0.2, -0.15) is 0 Å². The van der Waals surface area contributed by atoms with Crippen molar-refractivity contribution >= 4 is 0 Å². The molecular formula is C16H26N2. The zero-order chi connectivity index (χ0) is 13.2. The molecule has 2 rings (SSSR count). The molecule has 1 aromatic carbocycles. The SMILES string of the molecule is CNC(c1ccc(C(C)(C)C)cc1)C1CCNC1. The van der Waals surface area contributed by atoms with Crippen LogP contribution >= 0.6 is 0 Å². The van der Waals surface area contributed by atoms with Gasteiger partial charge in [0, 0.05) is 6.04 Å². The van der Waals surface area contributed by atoms with Gasteiger partial charge in [-0.25, -0.2) is 0 Å². The van der Waals surface area contributed by atoms with Gasteiger partial charge in [-0.1, -0.05) is 45.0 Å². The maximum atomic E-state index is 3.48. The van der Waals surface area contributed by atoms with Gasteiger partial charge in [-0.05, 0) is 49.0 Å². The smallest absolute Gasteiger partial charge is 0.0358 e. The summed E-state index contributed by atoms with van der Waals surface area (Å²) in [5, 5.41) is 6.93. The monoisotopic (exact) mass is 246 g/mol. The minimum absolute atomic E-state index is 0.239. The van der Waals surface area contributed by atoms with Gasteiger partial charge >= 0.3 is 0 Å². The van der Waals surface area contributed by atoms with Crippen LogP contribution in [0.3, 0.4) is 0 Å². The Morgan fingerprint density at radius 1 is 1.22 bits per heavy atom. The maximum Gasteiger partial charge on any atom is 0.0358 e. The van der Waals surface area contributed by atoms with Crippen LogP contribution in [0, 0.1) is 5.92 Å². The molecule has 1 aliphatic rings. The van der Waals surface area contributed by atoms with E-state index in [0.29, 0.717) is 6.04 Å². The van der Waals surface area contributed by atoms with Crippen molar-refractivity contribution < 1.29 is 0 Å². The van der Waals surface area contributed by atoms with Crippen molar-refractivity contribution in [1.29, 1.82) is 0 Å². The quantitative estimate of drug-likeness (QED) is 0.857. The molecule has 2 N–H and O–H groups in total. The first kappa shape index (κ1) is 13.6. The summed E-state index contributed by atoms with van der Waals surface area (Å²) in [6.07, 6.45) is 1.27. The molecule has 1 aliphatic heterocycles. The van der Waals surface area contributed by atoms with Crippen LogP contribution in [0.2, 0.25) is 0 Å². The third kappa shape index (κ3) is 2.93. The molecule has 2 nitrogen and oxygen atoms in total. The lowest BCUT2D eigenvalue weighted by Crippen LogP contribution is -2.27. The molecule has 0 bridgehead atoms. The summed E-state index contributed by atoms with van der Waals surface area (Å²) >= 11 is 0. The molecule has 0 spiro atoms. The molecule has 2 atom stereocenters. The Labute approximate surface area is 111 Å². The maximum absolute atomic E-state index is 3.48. The Kier molecular flexibility index (Phi) is 4.08. The Morgan fingerprint density at radius 3 is 2.33 bits per heavy atom. The molecule has 0 saturated carbocycles. The molecule has 18 heavy (non-hydrogen) atoms. The van der Waals surface area contributed by atoms with E-state index in [4.69, 9.17) is 0 Å². The van der Waals surface area contributed by atoms with E-state index in [9.17, 15) is 0 Å². The summed E-state index contributed by atoms with van der Waals surface area (Å²) < 4.78 is 0. The molecule has 1 heterocycles. The number of benzene rings is 1. The Balaban J connectivity index is 2.16. The van der Waals surface area contributed by atoms with Crippen molar-refractivity contribution in [3.05, 3.63) is 35.4 Å². The van der Waals surface area contributed by atoms with E-state index < -0.39 is 0 Å². The molecule has 0 aliphatic carbocycles. The second-order valence-corrected chi connectivity index (χ2v) is 6.39. The van der Waals surface area contributed by atoms with Crippen molar-refractivity contribution in [3.63, 3.8) is 0 Å². The zero-order valence-corrected chi connectivity index (χ0v) is 12.1.